The Morgan fingerprint density at radius 1 is 1.09 bits per heavy atom. The molecule has 1 aromatic heterocycles. The van der Waals surface area contributed by atoms with Crippen LogP contribution in [0.2, 0.25) is 0 Å². The first-order valence-corrected chi connectivity index (χ1v) is 7.94. The number of benzene rings is 2. The Hall–Kier alpha value is -2.11. The molecule has 0 saturated carbocycles. The van der Waals surface area contributed by atoms with E-state index in [9.17, 15) is 0 Å². The molecule has 0 radical (unpaired) electrons. The normalized spacial score (nSPS) is 11.3. The highest BCUT2D eigenvalue weighted by Gasteiger charge is 2.05. The lowest BCUT2D eigenvalue weighted by Crippen LogP contribution is -2.21. The summed E-state index contributed by atoms with van der Waals surface area (Å²) in [6.45, 7) is 1.65. The maximum Gasteiger partial charge on any atom is 0.180 e. The molecule has 0 fully saturated rings. The van der Waals surface area contributed by atoms with Gasteiger partial charge in [0.1, 0.15) is 5.75 Å². The summed E-state index contributed by atoms with van der Waals surface area (Å²) in [5, 5.41) is 2.43. The van der Waals surface area contributed by atoms with Crippen molar-refractivity contribution < 1.29 is 4.74 Å². The molecule has 0 N–H and O–H groups in total. The second-order valence-electron chi connectivity index (χ2n) is 5.86. The first-order valence-electron chi connectivity index (χ1n) is 7.54. The fourth-order valence-electron chi connectivity index (χ4n) is 2.74. The predicted octanol–water partition coefficient (Wildman–Crippen LogP) is 3.81. The summed E-state index contributed by atoms with van der Waals surface area (Å²) in [7, 11) is 5.77. The van der Waals surface area contributed by atoms with Crippen molar-refractivity contribution in [2.24, 2.45) is 7.05 Å². The van der Waals surface area contributed by atoms with E-state index in [0.717, 1.165) is 23.7 Å². The molecule has 5 heteroatoms. The van der Waals surface area contributed by atoms with Gasteiger partial charge in [-0.15, -0.1) is 0 Å². The van der Waals surface area contributed by atoms with Crippen LogP contribution in [0.25, 0.3) is 10.8 Å². The Labute approximate surface area is 141 Å². The zero-order valence-electron chi connectivity index (χ0n) is 13.7. The minimum atomic E-state index is 0.778. The third-order valence-electron chi connectivity index (χ3n) is 3.98. The van der Waals surface area contributed by atoms with Gasteiger partial charge in [0.15, 0.2) is 4.77 Å². The Bertz CT molecular complexity index is 881. The van der Waals surface area contributed by atoms with Gasteiger partial charge in [-0.3, -0.25) is 4.90 Å². The summed E-state index contributed by atoms with van der Waals surface area (Å²) >= 11 is 5.38. The first-order chi connectivity index (χ1) is 11.1. The Morgan fingerprint density at radius 3 is 2.52 bits per heavy atom. The van der Waals surface area contributed by atoms with Crippen LogP contribution in [0.1, 0.15) is 5.56 Å². The number of aryl methyl sites for hydroxylation is 1. The van der Waals surface area contributed by atoms with Gasteiger partial charge in [-0.25, -0.2) is 0 Å². The standard InChI is InChI=1S/C18H21N3OS/c1-19(13-21-9-8-20(2)18(21)23)12-14-4-5-16-11-17(22-3)7-6-15(16)10-14/h4-11H,12-13H2,1-3H3. The van der Waals surface area contributed by atoms with Crippen molar-refractivity contribution in [2.45, 2.75) is 13.2 Å². The first kappa shape index (κ1) is 15.8. The number of hydrogen-bond acceptors (Lipinski definition) is 3. The van der Waals surface area contributed by atoms with Crippen molar-refractivity contribution >= 4 is 23.0 Å². The van der Waals surface area contributed by atoms with Crippen LogP contribution in [-0.2, 0) is 20.3 Å². The Kier molecular flexibility index (Phi) is 4.50. The molecule has 2 aromatic carbocycles. The van der Waals surface area contributed by atoms with E-state index in [1.54, 1.807) is 7.11 Å². The highest BCUT2D eigenvalue weighted by molar-refractivity contribution is 7.71. The van der Waals surface area contributed by atoms with Gasteiger partial charge in [0.05, 0.1) is 13.8 Å². The van der Waals surface area contributed by atoms with Gasteiger partial charge < -0.3 is 13.9 Å². The van der Waals surface area contributed by atoms with E-state index in [-0.39, 0.29) is 0 Å². The molecule has 0 aliphatic heterocycles. The maximum atomic E-state index is 5.38. The molecule has 0 spiro atoms. The third-order valence-corrected chi connectivity index (χ3v) is 4.50. The van der Waals surface area contributed by atoms with Crippen molar-refractivity contribution in [3.05, 3.63) is 59.1 Å². The Morgan fingerprint density at radius 2 is 1.83 bits per heavy atom. The molecule has 3 rings (SSSR count). The molecule has 0 aliphatic carbocycles. The van der Waals surface area contributed by atoms with E-state index in [1.165, 1.54) is 16.3 Å². The number of fused-ring (bicyclic) bond motifs is 1. The smallest absolute Gasteiger partial charge is 0.180 e. The Balaban J connectivity index is 1.75. The minimum Gasteiger partial charge on any atom is -0.497 e. The molecule has 0 aliphatic rings. The average molecular weight is 327 g/mol. The summed E-state index contributed by atoms with van der Waals surface area (Å²) in [6.07, 6.45) is 4.01. The van der Waals surface area contributed by atoms with Crippen LogP contribution in [0, 0.1) is 4.77 Å². The highest BCUT2D eigenvalue weighted by atomic mass is 32.1. The van der Waals surface area contributed by atoms with Crippen LogP contribution in [0.3, 0.4) is 0 Å². The number of aromatic nitrogens is 2. The van der Waals surface area contributed by atoms with E-state index in [4.69, 9.17) is 17.0 Å². The van der Waals surface area contributed by atoms with E-state index in [0.29, 0.717) is 0 Å². The summed E-state index contributed by atoms with van der Waals surface area (Å²) in [5.41, 5.74) is 1.28. The lowest BCUT2D eigenvalue weighted by Gasteiger charge is -2.18. The van der Waals surface area contributed by atoms with Crippen LogP contribution in [0.4, 0.5) is 0 Å². The lowest BCUT2D eigenvalue weighted by atomic mass is 10.1. The van der Waals surface area contributed by atoms with Gasteiger partial charge in [-0.1, -0.05) is 18.2 Å². The summed E-state index contributed by atoms with van der Waals surface area (Å²) < 4.78 is 10.1. The molecule has 0 bridgehead atoms. The second-order valence-corrected chi connectivity index (χ2v) is 6.23. The third kappa shape index (κ3) is 3.46. The van der Waals surface area contributed by atoms with Crippen molar-refractivity contribution in [1.82, 2.24) is 14.0 Å². The largest absolute Gasteiger partial charge is 0.497 e. The number of nitrogens with zero attached hydrogens (tertiary/aromatic N) is 3. The molecule has 4 nitrogen and oxygen atoms in total. The van der Waals surface area contributed by atoms with E-state index in [1.807, 2.05) is 30.1 Å². The SMILES string of the molecule is COc1ccc2cc(CN(C)Cn3ccn(C)c3=S)ccc2c1. The molecule has 1 heterocycles. The fraction of sp³-hybridized carbons (Fsp3) is 0.278. The quantitative estimate of drug-likeness (QED) is 0.666. The maximum absolute atomic E-state index is 5.38. The van der Waals surface area contributed by atoms with Crippen molar-refractivity contribution in [2.75, 3.05) is 14.2 Å². The van der Waals surface area contributed by atoms with Crippen LogP contribution in [0.5, 0.6) is 5.75 Å². The molecule has 0 atom stereocenters. The van der Waals surface area contributed by atoms with Crippen molar-refractivity contribution in [3.63, 3.8) is 0 Å². The second kappa shape index (κ2) is 6.56. The zero-order valence-corrected chi connectivity index (χ0v) is 14.5. The van der Waals surface area contributed by atoms with Gasteiger partial charge in [0, 0.05) is 26.0 Å². The fourth-order valence-corrected chi connectivity index (χ4v) is 2.92. The summed E-state index contributed by atoms with van der Waals surface area (Å²) in [4.78, 5) is 2.25. The van der Waals surface area contributed by atoms with Gasteiger partial charge in [0.25, 0.3) is 0 Å². The van der Waals surface area contributed by atoms with E-state index in [2.05, 4.69) is 46.8 Å². The minimum absolute atomic E-state index is 0.778. The number of ether oxygens (including phenoxy) is 1. The van der Waals surface area contributed by atoms with Crippen LogP contribution in [0.15, 0.2) is 48.8 Å². The summed E-state index contributed by atoms with van der Waals surface area (Å²) in [6, 6.07) is 12.7. The molecular formula is C18H21N3OS. The zero-order chi connectivity index (χ0) is 16.4. The van der Waals surface area contributed by atoms with Crippen LogP contribution < -0.4 is 4.74 Å². The van der Waals surface area contributed by atoms with Crippen LogP contribution in [-0.4, -0.2) is 28.2 Å². The van der Waals surface area contributed by atoms with E-state index >= 15 is 0 Å². The topological polar surface area (TPSA) is 22.3 Å². The highest BCUT2D eigenvalue weighted by Crippen LogP contribution is 2.22. The molecule has 0 unspecified atom stereocenters. The van der Waals surface area contributed by atoms with Gasteiger partial charge in [0.2, 0.25) is 0 Å². The number of rotatable bonds is 5. The molecular weight excluding hydrogens is 306 g/mol. The lowest BCUT2D eigenvalue weighted by molar-refractivity contribution is 0.258. The average Bonchev–Trinajstić information content (AvgIpc) is 2.86. The van der Waals surface area contributed by atoms with Gasteiger partial charge >= 0.3 is 0 Å². The summed E-state index contributed by atoms with van der Waals surface area (Å²) in [5.74, 6) is 0.890. The number of imidazole rings is 1. The predicted molar refractivity (Wildman–Crippen MR) is 96.2 cm³/mol. The molecule has 23 heavy (non-hydrogen) atoms. The van der Waals surface area contributed by atoms with Gasteiger partial charge in [-0.2, -0.15) is 0 Å². The van der Waals surface area contributed by atoms with Crippen LogP contribution >= 0.6 is 12.2 Å². The number of hydrogen-bond donors (Lipinski definition) is 0. The molecule has 120 valence electrons. The van der Waals surface area contributed by atoms with E-state index < -0.39 is 0 Å². The van der Waals surface area contributed by atoms with Gasteiger partial charge in [-0.05, 0) is 53.8 Å². The molecule has 0 saturated heterocycles. The number of methoxy groups -OCH3 is 1. The molecule has 3 aromatic rings. The van der Waals surface area contributed by atoms with Crippen molar-refractivity contribution in [3.8, 4) is 5.75 Å². The van der Waals surface area contributed by atoms with Crippen molar-refractivity contribution in [1.29, 1.82) is 0 Å². The molecule has 0 amide bonds. The monoisotopic (exact) mass is 327 g/mol.